The summed E-state index contributed by atoms with van der Waals surface area (Å²) in [6, 6.07) is 7.24. The Bertz CT molecular complexity index is 529. The Morgan fingerprint density at radius 2 is 1.64 bits per heavy atom. The molecule has 0 heterocycles. The van der Waals surface area contributed by atoms with E-state index in [4.69, 9.17) is 25.4 Å². The van der Waals surface area contributed by atoms with E-state index in [1.54, 1.807) is 46.9 Å². The van der Waals surface area contributed by atoms with Crippen LogP contribution in [-0.4, -0.2) is 19.3 Å². The van der Waals surface area contributed by atoms with Gasteiger partial charge in [-0.2, -0.15) is 0 Å². The van der Waals surface area contributed by atoms with Gasteiger partial charge in [-0.3, -0.25) is 4.57 Å². The van der Waals surface area contributed by atoms with Crippen molar-refractivity contribution in [2.75, 3.05) is 12.4 Å². The Kier molecular flexibility index (Phi) is 7.43. The largest absolute Gasteiger partial charge is 0.497 e. The summed E-state index contributed by atoms with van der Waals surface area (Å²) >= 11 is 6.15. The summed E-state index contributed by atoms with van der Waals surface area (Å²) < 4.78 is 28.7. The third-order valence-electron chi connectivity index (χ3n) is 2.41. The third-order valence-corrected chi connectivity index (χ3v) is 5.19. The molecule has 1 aromatic rings. The SMILES string of the molecule is COc1ccc(N/C=C(\Cl)P(=O)(OC(C)C)OC(C)C)cc1. The molecule has 0 aromatic heterocycles. The van der Waals surface area contributed by atoms with Crippen LogP contribution >= 0.6 is 19.2 Å². The maximum Gasteiger partial charge on any atom is 0.374 e. The Morgan fingerprint density at radius 1 is 1.14 bits per heavy atom. The van der Waals surface area contributed by atoms with Gasteiger partial charge in [-0.1, -0.05) is 11.6 Å². The van der Waals surface area contributed by atoms with Crippen molar-refractivity contribution in [1.29, 1.82) is 0 Å². The molecule has 0 fully saturated rings. The molecule has 0 saturated heterocycles. The lowest BCUT2D eigenvalue weighted by Gasteiger charge is -2.22. The average Bonchev–Trinajstić information content (AvgIpc) is 2.43. The van der Waals surface area contributed by atoms with Crippen LogP contribution in [0.1, 0.15) is 27.7 Å². The fourth-order valence-electron chi connectivity index (χ4n) is 1.59. The highest BCUT2D eigenvalue weighted by molar-refractivity contribution is 7.61. The molecule has 0 aliphatic carbocycles. The maximum atomic E-state index is 12.8. The van der Waals surface area contributed by atoms with Crippen molar-refractivity contribution in [1.82, 2.24) is 0 Å². The highest BCUT2D eigenvalue weighted by Crippen LogP contribution is 2.59. The number of hydrogen-bond acceptors (Lipinski definition) is 5. The van der Waals surface area contributed by atoms with Crippen LogP contribution in [0.25, 0.3) is 0 Å². The normalized spacial score (nSPS) is 12.8. The lowest BCUT2D eigenvalue weighted by atomic mass is 10.3. The van der Waals surface area contributed by atoms with Gasteiger partial charge in [0.05, 0.1) is 19.3 Å². The lowest BCUT2D eigenvalue weighted by molar-refractivity contribution is 0.148. The predicted molar refractivity (Wildman–Crippen MR) is 90.6 cm³/mol. The van der Waals surface area contributed by atoms with Gasteiger partial charge in [0, 0.05) is 11.9 Å². The number of halogens is 1. The van der Waals surface area contributed by atoms with Crippen LogP contribution in [0.15, 0.2) is 35.2 Å². The summed E-state index contributed by atoms with van der Waals surface area (Å²) in [6.45, 7) is 7.10. The smallest absolute Gasteiger partial charge is 0.374 e. The molecule has 0 bridgehead atoms. The van der Waals surface area contributed by atoms with E-state index in [0.29, 0.717) is 0 Å². The van der Waals surface area contributed by atoms with E-state index in [-0.39, 0.29) is 17.0 Å². The first-order chi connectivity index (χ1) is 10.3. The molecule has 7 heteroatoms. The number of anilines is 1. The number of benzene rings is 1. The zero-order chi connectivity index (χ0) is 16.8. The molecule has 0 aliphatic heterocycles. The summed E-state index contributed by atoms with van der Waals surface area (Å²) in [5, 5.41) is 2.97. The molecule has 0 saturated carbocycles. The standard InChI is InChI=1S/C15H23ClNO4P/c1-11(2)20-22(18,21-12(3)4)15(16)10-17-13-6-8-14(19-5)9-7-13/h6-12,17H,1-5H3/b15-10+. The van der Waals surface area contributed by atoms with Crippen molar-refractivity contribution in [3.63, 3.8) is 0 Å². The van der Waals surface area contributed by atoms with Crippen LogP contribution in [-0.2, 0) is 13.6 Å². The van der Waals surface area contributed by atoms with E-state index in [9.17, 15) is 4.57 Å². The first kappa shape index (κ1) is 19.0. The Hall–Kier alpha value is -1.00. The van der Waals surface area contributed by atoms with Crippen LogP contribution < -0.4 is 10.1 Å². The van der Waals surface area contributed by atoms with Gasteiger partial charge in [-0.25, -0.2) is 0 Å². The monoisotopic (exact) mass is 347 g/mol. The van der Waals surface area contributed by atoms with Crippen LogP contribution in [0.4, 0.5) is 5.69 Å². The Labute approximate surface area is 137 Å². The number of rotatable bonds is 8. The quantitative estimate of drug-likeness (QED) is 0.656. The fourth-order valence-corrected chi connectivity index (χ4v) is 3.47. The molecule has 0 spiro atoms. The second-order valence-corrected chi connectivity index (χ2v) is 7.71. The second kappa shape index (κ2) is 8.59. The predicted octanol–water partition coefficient (Wildman–Crippen LogP) is 5.19. The van der Waals surface area contributed by atoms with Crippen LogP contribution in [0.5, 0.6) is 5.75 Å². The average molecular weight is 348 g/mol. The first-order valence-corrected chi connectivity index (χ1v) is 8.92. The van der Waals surface area contributed by atoms with Gasteiger partial charge in [0.25, 0.3) is 0 Å². The van der Waals surface area contributed by atoms with E-state index < -0.39 is 7.60 Å². The topological polar surface area (TPSA) is 56.8 Å². The molecular weight excluding hydrogens is 325 g/mol. The van der Waals surface area contributed by atoms with E-state index in [1.807, 2.05) is 12.1 Å². The van der Waals surface area contributed by atoms with Crippen molar-refractivity contribution in [3.05, 3.63) is 35.2 Å². The zero-order valence-electron chi connectivity index (χ0n) is 13.5. The molecule has 124 valence electrons. The van der Waals surface area contributed by atoms with Gasteiger partial charge in [0.15, 0.2) is 0 Å². The van der Waals surface area contributed by atoms with Crippen LogP contribution in [0, 0.1) is 0 Å². The molecule has 1 aromatic carbocycles. The van der Waals surface area contributed by atoms with E-state index in [2.05, 4.69) is 5.32 Å². The van der Waals surface area contributed by atoms with Crippen molar-refractivity contribution in [2.45, 2.75) is 39.9 Å². The summed E-state index contributed by atoms with van der Waals surface area (Å²) in [4.78, 5) is 0. The van der Waals surface area contributed by atoms with E-state index in [1.165, 1.54) is 6.20 Å². The van der Waals surface area contributed by atoms with E-state index in [0.717, 1.165) is 11.4 Å². The number of ether oxygens (including phenoxy) is 1. The molecule has 1 N–H and O–H groups in total. The van der Waals surface area contributed by atoms with Gasteiger partial charge in [-0.05, 0) is 52.0 Å². The summed E-state index contributed by atoms with van der Waals surface area (Å²) in [6.07, 6.45) is 0.884. The van der Waals surface area contributed by atoms with Gasteiger partial charge >= 0.3 is 7.60 Å². The van der Waals surface area contributed by atoms with Crippen LogP contribution in [0.2, 0.25) is 0 Å². The third kappa shape index (κ3) is 6.01. The van der Waals surface area contributed by atoms with Crippen molar-refractivity contribution >= 4 is 24.9 Å². The van der Waals surface area contributed by atoms with Crippen molar-refractivity contribution in [2.24, 2.45) is 0 Å². The lowest BCUT2D eigenvalue weighted by Crippen LogP contribution is -2.08. The fraction of sp³-hybridized carbons (Fsp3) is 0.467. The molecule has 5 nitrogen and oxygen atoms in total. The minimum Gasteiger partial charge on any atom is -0.497 e. The molecule has 0 radical (unpaired) electrons. The summed E-state index contributed by atoms with van der Waals surface area (Å²) in [5.74, 6) is 0.748. The van der Waals surface area contributed by atoms with E-state index >= 15 is 0 Å². The molecule has 0 unspecified atom stereocenters. The maximum absolute atomic E-state index is 12.8. The molecule has 0 amide bonds. The molecule has 1 rings (SSSR count). The molecule has 0 atom stereocenters. The van der Waals surface area contributed by atoms with Crippen LogP contribution in [0.3, 0.4) is 0 Å². The van der Waals surface area contributed by atoms with Gasteiger partial charge in [-0.15, -0.1) is 0 Å². The number of nitrogens with one attached hydrogen (secondary N) is 1. The van der Waals surface area contributed by atoms with Gasteiger partial charge in [0.2, 0.25) is 0 Å². The minimum atomic E-state index is -3.54. The minimum absolute atomic E-state index is 0.00529. The summed E-state index contributed by atoms with van der Waals surface area (Å²) in [7, 11) is -1.94. The Morgan fingerprint density at radius 3 is 2.05 bits per heavy atom. The highest BCUT2D eigenvalue weighted by Gasteiger charge is 2.32. The molecule has 0 aliphatic rings. The second-order valence-electron chi connectivity index (χ2n) is 5.15. The Balaban J connectivity index is 2.87. The molecular formula is C15H23ClNO4P. The first-order valence-electron chi connectivity index (χ1n) is 7.00. The zero-order valence-corrected chi connectivity index (χ0v) is 15.1. The van der Waals surface area contributed by atoms with Gasteiger partial charge in [0.1, 0.15) is 10.5 Å². The molecule has 22 heavy (non-hydrogen) atoms. The van der Waals surface area contributed by atoms with Crippen molar-refractivity contribution < 1.29 is 18.3 Å². The number of hydrogen-bond donors (Lipinski definition) is 1. The number of methoxy groups -OCH3 is 1. The highest BCUT2D eigenvalue weighted by atomic mass is 35.5. The summed E-state index contributed by atoms with van der Waals surface area (Å²) in [5.41, 5.74) is 0.777. The van der Waals surface area contributed by atoms with Gasteiger partial charge < -0.3 is 19.1 Å². The van der Waals surface area contributed by atoms with Crippen molar-refractivity contribution in [3.8, 4) is 5.75 Å².